The first-order valence-electron chi connectivity index (χ1n) is 6.07. The van der Waals surface area contributed by atoms with Gasteiger partial charge in [0.25, 0.3) is 0 Å². The molecule has 0 aliphatic heterocycles. The molecule has 0 saturated heterocycles. The Kier molecular flexibility index (Phi) is 4.60. The topological polar surface area (TPSA) is 0 Å². The van der Waals surface area contributed by atoms with Crippen LogP contribution in [0, 0.1) is 20.8 Å². The molecule has 0 N–H and O–H groups in total. The van der Waals surface area contributed by atoms with Crippen molar-refractivity contribution in [3.63, 3.8) is 0 Å². The molecule has 0 heterocycles. The van der Waals surface area contributed by atoms with E-state index >= 15 is 0 Å². The van der Waals surface area contributed by atoms with Gasteiger partial charge < -0.3 is 0 Å². The molecular formula is C16H15BrCl2. The summed E-state index contributed by atoms with van der Waals surface area (Å²) >= 11 is 16.2. The van der Waals surface area contributed by atoms with Crippen LogP contribution in [0.4, 0.5) is 0 Å². The van der Waals surface area contributed by atoms with Gasteiger partial charge in [-0.25, -0.2) is 0 Å². The van der Waals surface area contributed by atoms with E-state index < -0.39 is 0 Å². The van der Waals surface area contributed by atoms with Crippen LogP contribution in [0.3, 0.4) is 0 Å². The highest BCUT2D eigenvalue weighted by Gasteiger charge is 2.18. The van der Waals surface area contributed by atoms with Crippen molar-refractivity contribution < 1.29 is 0 Å². The van der Waals surface area contributed by atoms with Gasteiger partial charge in [0, 0.05) is 9.50 Å². The smallest absolute Gasteiger partial charge is 0.0851 e. The van der Waals surface area contributed by atoms with Crippen LogP contribution in [0.1, 0.15) is 33.2 Å². The van der Waals surface area contributed by atoms with E-state index in [1.807, 2.05) is 18.2 Å². The van der Waals surface area contributed by atoms with E-state index in [1.54, 1.807) is 0 Å². The summed E-state index contributed by atoms with van der Waals surface area (Å²) in [6.45, 7) is 6.31. The van der Waals surface area contributed by atoms with E-state index in [0.29, 0.717) is 5.02 Å². The fourth-order valence-corrected chi connectivity index (χ4v) is 4.03. The van der Waals surface area contributed by atoms with Gasteiger partial charge in [-0.3, -0.25) is 0 Å². The number of hydrogen-bond donors (Lipinski definition) is 0. The van der Waals surface area contributed by atoms with Gasteiger partial charge in [0.15, 0.2) is 0 Å². The first kappa shape index (κ1) is 14.9. The van der Waals surface area contributed by atoms with Crippen molar-refractivity contribution in [2.75, 3.05) is 0 Å². The highest BCUT2D eigenvalue weighted by atomic mass is 79.9. The molecule has 0 spiro atoms. The van der Waals surface area contributed by atoms with Crippen molar-refractivity contribution in [1.29, 1.82) is 0 Å². The Morgan fingerprint density at radius 1 is 1.00 bits per heavy atom. The number of benzene rings is 2. The standard InChI is InChI=1S/C16H15BrCl2/c1-9-6-10(2)15(11(3)7-9)16(19)13-5-4-12(18)8-14(13)17/h4-8,16H,1-3H3. The number of rotatable bonds is 2. The Balaban J connectivity index is 2.53. The molecule has 0 aliphatic carbocycles. The van der Waals surface area contributed by atoms with E-state index in [-0.39, 0.29) is 5.38 Å². The number of hydrogen-bond acceptors (Lipinski definition) is 0. The predicted molar refractivity (Wildman–Crippen MR) is 87.5 cm³/mol. The Morgan fingerprint density at radius 3 is 2.11 bits per heavy atom. The van der Waals surface area contributed by atoms with Gasteiger partial charge in [0.1, 0.15) is 0 Å². The van der Waals surface area contributed by atoms with E-state index in [1.165, 1.54) is 22.3 Å². The molecule has 2 aromatic rings. The summed E-state index contributed by atoms with van der Waals surface area (Å²) < 4.78 is 0.944. The molecule has 1 atom stereocenters. The molecule has 1 unspecified atom stereocenters. The zero-order chi connectivity index (χ0) is 14.2. The molecule has 3 heteroatoms. The minimum absolute atomic E-state index is 0.174. The van der Waals surface area contributed by atoms with E-state index in [2.05, 4.69) is 48.8 Å². The van der Waals surface area contributed by atoms with Crippen LogP contribution in [0.2, 0.25) is 5.02 Å². The SMILES string of the molecule is Cc1cc(C)c(C(Cl)c2ccc(Cl)cc2Br)c(C)c1. The summed E-state index contributed by atoms with van der Waals surface area (Å²) in [7, 11) is 0. The second-order valence-corrected chi connectivity index (χ2v) is 6.57. The zero-order valence-electron chi connectivity index (χ0n) is 11.1. The third-order valence-corrected chi connectivity index (χ3v) is 4.60. The van der Waals surface area contributed by atoms with E-state index in [0.717, 1.165) is 10.0 Å². The third-order valence-electron chi connectivity index (χ3n) is 3.23. The van der Waals surface area contributed by atoms with Crippen LogP contribution >= 0.6 is 39.1 Å². The summed E-state index contributed by atoms with van der Waals surface area (Å²) in [6, 6.07) is 10.1. The molecule has 100 valence electrons. The molecular weight excluding hydrogens is 343 g/mol. The first-order valence-corrected chi connectivity index (χ1v) is 7.67. The molecule has 0 fully saturated rings. The summed E-state index contributed by atoms with van der Waals surface area (Å²) in [4.78, 5) is 0. The van der Waals surface area contributed by atoms with Crippen LogP contribution in [-0.4, -0.2) is 0 Å². The molecule has 2 rings (SSSR count). The second-order valence-electron chi connectivity index (χ2n) is 4.84. The van der Waals surface area contributed by atoms with Gasteiger partial charge >= 0.3 is 0 Å². The number of alkyl halides is 1. The van der Waals surface area contributed by atoms with Crippen molar-refractivity contribution in [2.24, 2.45) is 0 Å². The largest absolute Gasteiger partial charge is 0.113 e. The average Bonchev–Trinajstić information content (AvgIpc) is 2.26. The van der Waals surface area contributed by atoms with Crippen molar-refractivity contribution in [3.8, 4) is 0 Å². The number of aryl methyl sites for hydroxylation is 3. The van der Waals surface area contributed by atoms with Crippen LogP contribution in [0.15, 0.2) is 34.8 Å². The maximum Gasteiger partial charge on any atom is 0.0851 e. The maximum atomic E-state index is 6.68. The summed E-state index contributed by atoms with van der Waals surface area (Å²) in [5.74, 6) is 0. The predicted octanol–water partition coefficient (Wildman–Crippen LogP) is 6.36. The van der Waals surface area contributed by atoms with Gasteiger partial charge in [-0.15, -0.1) is 11.6 Å². The fourth-order valence-electron chi connectivity index (χ4n) is 2.45. The van der Waals surface area contributed by atoms with Gasteiger partial charge in [-0.2, -0.15) is 0 Å². The third kappa shape index (κ3) is 3.16. The van der Waals surface area contributed by atoms with Crippen molar-refractivity contribution >= 4 is 39.1 Å². The lowest BCUT2D eigenvalue weighted by molar-refractivity contribution is 1.07. The molecule has 19 heavy (non-hydrogen) atoms. The lowest BCUT2D eigenvalue weighted by atomic mass is 9.94. The Morgan fingerprint density at radius 2 is 1.58 bits per heavy atom. The lowest BCUT2D eigenvalue weighted by Gasteiger charge is -2.18. The molecule has 0 bridgehead atoms. The Bertz CT molecular complexity index is 597. The van der Waals surface area contributed by atoms with Crippen molar-refractivity contribution in [2.45, 2.75) is 26.1 Å². The molecule has 0 saturated carbocycles. The molecule has 0 radical (unpaired) electrons. The summed E-state index contributed by atoms with van der Waals surface area (Å²) in [6.07, 6.45) is 0. The molecule has 0 aliphatic rings. The van der Waals surface area contributed by atoms with Gasteiger partial charge in [0.2, 0.25) is 0 Å². The van der Waals surface area contributed by atoms with Crippen LogP contribution < -0.4 is 0 Å². The summed E-state index contributed by atoms with van der Waals surface area (Å²) in [5.41, 5.74) is 5.92. The van der Waals surface area contributed by atoms with E-state index in [9.17, 15) is 0 Å². The van der Waals surface area contributed by atoms with Crippen LogP contribution in [0.5, 0.6) is 0 Å². The highest BCUT2D eigenvalue weighted by Crippen LogP contribution is 2.38. The van der Waals surface area contributed by atoms with Crippen LogP contribution in [0.25, 0.3) is 0 Å². The molecule has 0 aromatic heterocycles. The Hall–Kier alpha value is -0.500. The first-order chi connectivity index (χ1) is 8.90. The lowest BCUT2D eigenvalue weighted by Crippen LogP contribution is -2.01. The van der Waals surface area contributed by atoms with Gasteiger partial charge in [0.05, 0.1) is 5.38 Å². The molecule has 0 nitrogen and oxygen atoms in total. The molecule has 2 aromatic carbocycles. The number of halogens is 3. The monoisotopic (exact) mass is 356 g/mol. The van der Waals surface area contributed by atoms with Gasteiger partial charge in [-0.1, -0.05) is 51.3 Å². The van der Waals surface area contributed by atoms with Crippen molar-refractivity contribution in [1.82, 2.24) is 0 Å². The minimum atomic E-state index is -0.174. The van der Waals surface area contributed by atoms with Crippen LogP contribution in [-0.2, 0) is 0 Å². The van der Waals surface area contributed by atoms with Crippen molar-refractivity contribution in [3.05, 3.63) is 67.6 Å². The fraction of sp³-hybridized carbons (Fsp3) is 0.250. The van der Waals surface area contributed by atoms with E-state index in [4.69, 9.17) is 23.2 Å². The van der Waals surface area contributed by atoms with Gasteiger partial charge in [-0.05, 0) is 55.2 Å². The quantitative estimate of drug-likeness (QED) is 0.549. The minimum Gasteiger partial charge on any atom is -0.113 e. The Labute approximate surface area is 132 Å². The average molecular weight is 358 g/mol. The maximum absolute atomic E-state index is 6.68. The highest BCUT2D eigenvalue weighted by molar-refractivity contribution is 9.10. The molecule has 0 amide bonds. The normalized spacial score (nSPS) is 12.5. The zero-order valence-corrected chi connectivity index (χ0v) is 14.2. The summed E-state index contributed by atoms with van der Waals surface area (Å²) in [5, 5.41) is 0.532. The second kappa shape index (κ2) is 5.87.